The van der Waals surface area contributed by atoms with Gasteiger partial charge in [-0.1, -0.05) is 26.0 Å². The summed E-state index contributed by atoms with van der Waals surface area (Å²) < 4.78 is 28.4. The van der Waals surface area contributed by atoms with Crippen LogP contribution in [0.15, 0.2) is 24.3 Å². The van der Waals surface area contributed by atoms with E-state index in [0.29, 0.717) is 11.7 Å². The van der Waals surface area contributed by atoms with Crippen LogP contribution >= 0.6 is 0 Å². The van der Waals surface area contributed by atoms with Gasteiger partial charge in [-0.2, -0.15) is 0 Å². The Hall–Kier alpha value is -1.53. The number of carbonyl (C=O) groups excluding carboxylic acids is 1. The molecule has 0 radical (unpaired) electrons. The second kappa shape index (κ2) is 9.41. The molecule has 0 unspecified atom stereocenters. The highest BCUT2D eigenvalue weighted by atomic mass is 19.3. The number of carbonyl (C=O) groups is 1. The van der Waals surface area contributed by atoms with E-state index < -0.39 is 13.0 Å². The number of ether oxygens (including phenoxy) is 1. The van der Waals surface area contributed by atoms with E-state index in [2.05, 4.69) is 29.2 Å². The van der Waals surface area contributed by atoms with Gasteiger partial charge in [0.2, 0.25) is 5.91 Å². The summed E-state index contributed by atoms with van der Waals surface area (Å²) in [5, 5.41) is 6.01. The van der Waals surface area contributed by atoms with Gasteiger partial charge in [0.25, 0.3) is 6.43 Å². The summed E-state index contributed by atoms with van der Waals surface area (Å²) in [5.74, 6) is -0.252. The van der Waals surface area contributed by atoms with E-state index in [1.165, 1.54) is 0 Å². The smallest absolute Gasteiger partial charge is 0.261 e. The Kier molecular flexibility index (Phi) is 7.85. The number of anilines is 1. The molecule has 1 rings (SSSR count). The van der Waals surface area contributed by atoms with Crippen molar-refractivity contribution in [3.8, 4) is 0 Å². The minimum atomic E-state index is -2.50. The predicted molar refractivity (Wildman–Crippen MR) is 78.5 cm³/mol. The van der Waals surface area contributed by atoms with Crippen LogP contribution in [0.2, 0.25) is 0 Å². The maximum Gasteiger partial charge on any atom is 0.261 e. The number of alkyl halides is 2. The van der Waals surface area contributed by atoms with Gasteiger partial charge in [0, 0.05) is 18.3 Å². The van der Waals surface area contributed by atoms with Crippen LogP contribution in [0.25, 0.3) is 0 Å². The minimum absolute atomic E-state index is 0.00916. The average molecular weight is 300 g/mol. The van der Waals surface area contributed by atoms with Crippen molar-refractivity contribution in [1.29, 1.82) is 0 Å². The Balaban J connectivity index is 2.36. The van der Waals surface area contributed by atoms with Gasteiger partial charge in [0.05, 0.1) is 13.0 Å². The highest BCUT2D eigenvalue weighted by Gasteiger charge is 2.06. The van der Waals surface area contributed by atoms with Crippen molar-refractivity contribution < 1.29 is 18.3 Å². The molecule has 0 saturated heterocycles. The maximum absolute atomic E-state index is 11.8. The van der Waals surface area contributed by atoms with Crippen molar-refractivity contribution in [2.75, 3.05) is 18.5 Å². The monoisotopic (exact) mass is 300 g/mol. The minimum Gasteiger partial charge on any atom is -0.375 e. The zero-order chi connectivity index (χ0) is 15.7. The SMILES string of the molecule is CC(C)NCc1cccc(NC(=O)CCOCC(F)F)c1. The Bertz CT molecular complexity index is 439. The molecule has 0 aliphatic heterocycles. The lowest BCUT2D eigenvalue weighted by Gasteiger charge is -2.10. The third-order valence-electron chi connectivity index (χ3n) is 2.64. The first kappa shape index (κ1) is 17.5. The molecule has 1 aromatic carbocycles. The zero-order valence-corrected chi connectivity index (χ0v) is 12.4. The van der Waals surface area contributed by atoms with Gasteiger partial charge in [-0.25, -0.2) is 8.78 Å². The molecular weight excluding hydrogens is 278 g/mol. The van der Waals surface area contributed by atoms with Crippen LogP contribution in [0.4, 0.5) is 14.5 Å². The molecule has 118 valence electrons. The van der Waals surface area contributed by atoms with Crippen LogP contribution < -0.4 is 10.6 Å². The van der Waals surface area contributed by atoms with Gasteiger partial charge in [0.1, 0.15) is 6.61 Å². The summed E-state index contributed by atoms with van der Waals surface area (Å²) in [6.07, 6.45) is -2.44. The molecule has 0 aliphatic carbocycles. The number of halogens is 2. The summed E-state index contributed by atoms with van der Waals surface area (Å²) in [4.78, 5) is 11.6. The number of hydrogen-bond donors (Lipinski definition) is 2. The normalized spacial score (nSPS) is 11.1. The van der Waals surface area contributed by atoms with Crippen molar-refractivity contribution in [1.82, 2.24) is 5.32 Å². The Labute approximate surface area is 123 Å². The lowest BCUT2D eigenvalue weighted by Crippen LogP contribution is -2.22. The van der Waals surface area contributed by atoms with Crippen molar-refractivity contribution >= 4 is 11.6 Å². The lowest BCUT2D eigenvalue weighted by atomic mass is 10.2. The first-order valence-electron chi connectivity index (χ1n) is 6.95. The second-order valence-electron chi connectivity index (χ2n) is 5.00. The first-order valence-corrected chi connectivity index (χ1v) is 6.95. The van der Waals surface area contributed by atoms with E-state index in [-0.39, 0.29) is 18.9 Å². The lowest BCUT2D eigenvalue weighted by molar-refractivity contribution is -0.117. The molecule has 4 nitrogen and oxygen atoms in total. The van der Waals surface area contributed by atoms with Gasteiger partial charge in [-0.3, -0.25) is 4.79 Å². The Morgan fingerprint density at radius 2 is 2.10 bits per heavy atom. The largest absolute Gasteiger partial charge is 0.375 e. The van der Waals surface area contributed by atoms with Crippen LogP contribution in [-0.4, -0.2) is 31.6 Å². The summed E-state index contributed by atoms with van der Waals surface area (Å²) in [5.41, 5.74) is 1.76. The number of amides is 1. The molecule has 0 spiro atoms. The molecule has 0 bridgehead atoms. The van der Waals surface area contributed by atoms with Gasteiger partial charge in [-0.05, 0) is 17.7 Å². The molecule has 0 aliphatic rings. The first-order chi connectivity index (χ1) is 9.97. The van der Waals surface area contributed by atoms with E-state index in [4.69, 9.17) is 0 Å². The molecule has 0 atom stereocenters. The van der Waals surface area contributed by atoms with E-state index >= 15 is 0 Å². The van der Waals surface area contributed by atoms with Crippen molar-refractivity contribution in [2.24, 2.45) is 0 Å². The molecule has 0 saturated carbocycles. The summed E-state index contributed by atoms with van der Waals surface area (Å²) in [6.45, 7) is 4.20. The molecule has 0 aromatic heterocycles. The summed E-state index contributed by atoms with van der Waals surface area (Å²) in [7, 11) is 0. The van der Waals surface area contributed by atoms with Crippen LogP contribution in [0.3, 0.4) is 0 Å². The van der Waals surface area contributed by atoms with E-state index in [1.54, 1.807) is 6.07 Å². The quantitative estimate of drug-likeness (QED) is 0.690. The van der Waals surface area contributed by atoms with Crippen LogP contribution in [0.5, 0.6) is 0 Å². The van der Waals surface area contributed by atoms with E-state index in [9.17, 15) is 13.6 Å². The molecule has 21 heavy (non-hydrogen) atoms. The molecule has 0 fully saturated rings. The van der Waals surface area contributed by atoms with E-state index in [0.717, 1.165) is 12.1 Å². The molecule has 1 aromatic rings. The molecular formula is C15H22F2N2O2. The maximum atomic E-state index is 11.8. The summed E-state index contributed by atoms with van der Waals surface area (Å²) in [6, 6.07) is 7.89. The predicted octanol–water partition coefficient (Wildman–Crippen LogP) is 2.79. The number of rotatable bonds is 9. The zero-order valence-electron chi connectivity index (χ0n) is 12.4. The fourth-order valence-corrected chi connectivity index (χ4v) is 1.64. The number of nitrogens with one attached hydrogen (secondary N) is 2. The molecule has 0 heterocycles. The highest BCUT2D eigenvalue weighted by molar-refractivity contribution is 5.90. The van der Waals surface area contributed by atoms with Crippen molar-refractivity contribution in [3.05, 3.63) is 29.8 Å². The average Bonchev–Trinajstić information content (AvgIpc) is 2.41. The number of hydrogen-bond acceptors (Lipinski definition) is 3. The third-order valence-corrected chi connectivity index (χ3v) is 2.64. The van der Waals surface area contributed by atoms with Gasteiger partial charge in [-0.15, -0.1) is 0 Å². The topological polar surface area (TPSA) is 50.4 Å². The van der Waals surface area contributed by atoms with Crippen LogP contribution in [0.1, 0.15) is 25.8 Å². The fourth-order valence-electron chi connectivity index (χ4n) is 1.64. The van der Waals surface area contributed by atoms with Gasteiger partial charge >= 0.3 is 0 Å². The fraction of sp³-hybridized carbons (Fsp3) is 0.533. The molecule has 2 N–H and O–H groups in total. The Morgan fingerprint density at radius 1 is 1.33 bits per heavy atom. The van der Waals surface area contributed by atoms with Gasteiger partial charge < -0.3 is 15.4 Å². The summed E-state index contributed by atoms with van der Waals surface area (Å²) >= 11 is 0. The molecule has 6 heteroatoms. The second-order valence-corrected chi connectivity index (χ2v) is 5.00. The number of benzene rings is 1. The third kappa shape index (κ3) is 8.37. The highest BCUT2D eigenvalue weighted by Crippen LogP contribution is 2.11. The van der Waals surface area contributed by atoms with Crippen LogP contribution in [0, 0.1) is 0 Å². The van der Waals surface area contributed by atoms with Gasteiger partial charge in [0.15, 0.2) is 0 Å². The molecule has 1 amide bonds. The van der Waals surface area contributed by atoms with Crippen LogP contribution in [-0.2, 0) is 16.1 Å². The van der Waals surface area contributed by atoms with E-state index in [1.807, 2.05) is 18.2 Å². The standard InChI is InChI=1S/C15H22F2N2O2/c1-11(2)18-9-12-4-3-5-13(8-12)19-15(20)6-7-21-10-14(16)17/h3-5,8,11,14,18H,6-7,9-10H2,1-2H3,(H,19,20). The Morgan fingerprint density at radius 3 is 2.76 bits per heavy atom. The van der Waals surface area contributed by atoms with Crippen molar-refractivity contribution in [3.63, 3.8) is 0 Å². The van der Waals surface area contributed by atoms with Crippen molar-refractivity contribution in [2.45, 2.75) is 39.3 Å².